The van der Waals surface area contributed by atoms with Crippen LogP contribution in [0.4, 0.5) is 23.1 Å². The maximum Gasteiger partial charge on any atom is 0.160 e. The van der Waals surface area contributed by atoms with E-state index in [2.05, 4.69) is 48.4 Å². The molecule has 2 aromatic heterocycles. The molecule has 2 aromatic rings. The van der Waals surface area contributed by atoms with E-state index in [4.69, 9.17) is 5.73 Å². The Kier molecular flexibility index (Phi) is 5.11. The zero-order valence-electron chi connectivity index (χ0n) is 11.2. The number of unbranched alkanes of at least 4 members (excludes halogenated alkanes) is 1. The van der Waals surface area contributed by atoms with Crippen LogP contribution in [-0.4, -0.2) is 21.5 Å². The van der Waals surface area contributed by atoms with E-state index < -0.39 is 0 Å². The van der Waals surface area contributed by atoms with Crippen LogP contribution in [0.5, 0.6) is 0 Å². The fourth-order valence-electron chi connectivity index (χ4n) is 1.59. The molecule has 2 rings (SSSR count). The third-order valence-electron chi connectivity index (χ3n) is 2.68. The van der Waals surface area contributed by atoms with Crippen molar-refractivity contribution < 1.29 is 0 Å². The third-order valence-corrected chi connectivity index (χ3v) is 3.15. The van der Waals surface area contributed by atoms with Crippen LogP contribution in [0.1, 0.15) is 19.8 Å². The maximum atomic E-state index is 6.06. The summed E-state index contributed by atoms with van der Waals surface area (Å²) in [6, 6.07) is 3.74. The van der Waals surface area contributed by atoms with E-state index in [-0.39, 0.29) is 0 Å². The molecule has 6 nitrogen and oxygen atoms in total. The molecule has 0 fully saturated rings. The summed E-state index contributed by atoms with van der Waals surface area (Å²) in [5, 5.41) is 6.29. The number of halogens is 1. The molecule has 0 saturated carbocycles. The number of anilines is 4. The van der Waals surface area contributed by atoms with Gasteiger partial charge in [0.2, 0.25) is 0 Å². The summed E-state index contributed by atoms with van der Waals surface area (Å²) in [6.07, 6.45) is 5.37. The minimum absolute atomic E-state index is 0.494. The van der Waals surface area contributed by atoms with Crippen molar-refractivity contribution in [1.82, 2.24) is 15.0 Å². The number of hydrogen-bond acceptors (Lipinski definition) is 6. The van der Waals surface area contributed by atoms with E-state index >= 15 is 0 Å². The van der Waals surface area contributed by atoms with Gasteiger partial charge in [0.25, 0.3) is 0 Å². The molecule has 0 aliphatic rings. The maximum absolute atomic E-state index is 6.06. The van der Waals surface area contributed by atoms with Gasteiger partial charge in [0.05, 0.1) is 0 Å². The number of pyridine rings is 1. The standard InChI is InChI=1S/C13H17BrN6/c1-2-3-6-16-12-11(15)13(19-8-18-12)20-10-5-4-9(14)7-17-10/h4-5,7-8H,2-3,6,15H2,1H3,(H2,16,17,18,19,20). The van der Waals surface area contributed by atoms with Crippen LogP contribution in [0.2, 0.25) is 0 Å². The predicted octanol–water partition coefficient (Wildman–Crippen LogP) is 3.17. The fourth-order valence-corrected chi connectivity index (χ4v) is 1.83. The van der Waals surface area contributed by atoms with E-state index in [1.54, 1.807) is 6.20 Å². The first-order valence-electron chi connectivity index (χ1n) is 6.43. The number of hydrogen-bond donors (Lipinski definition) is 3. The number of aromatic nitrogens is 3. The van der Waals surface area contributed by atoms with Crippen molar-refractivity contribution in [3.63, 3.8) is 0 Å². The van der Waals surface area contributed by atoms with Crippen molar-refractivity contribution in [3.8, 4) is 0 Å². The quantitative estimate of drug-likeness (QED) is 0.702. The van der Waals surface area contributed by atoms with Gasteiger partial charge in [-0.05, 0) is 34.5 Å². The van der Waals surface area contributed by atoms with Crippen LogP contribution in [0.25, 0.3) is 0 Å². The lowest BCUT2D eigenvalue weighted by atomic mass is 10.3. The average molecular weight is 337 g/mol. The molecule has 0 amide bonds. The van der Waals surface area contributed by atoms with Gasteiger partial charge in [-0.25, -0.2) is 15.0 Å². The highest BCUT2D eigenvalue weighted by atomic mass is 79.9. The molecule has 106 valence electrons. The van der Waals surface area contributed by atoms with Gasteiger partial charge in [-0.2, -0.15) is 0 Å². The van der Waals surface area contributed by atoms with Gasteiger partial charge in [0.1, 0.15) is 17.8 Å². The highest BCUT2D eigenvalue weighted by Gasteiger charge is 2.08. The molecule has 4 N–H and O–H groups in total. The summed E-state index contributed by atoms with van der Waals surface area (Å²) in [5.41, 5.74) is 6.55. The minimum Gasteiger partial charge on any atom is -0.393 e. The zero-order valence-corrected chi connectivity index (χ0v) is 12.8. The summed E-state index contributed by atoms with van der Waals surface area (Å²) in [4.78, 5) is 12.5. The van der Waals surface area contributed by atoms with E-state index in [1.165, 1.54) is 6.33 Å². The Morgan fingerprint density at radius 2 is 2.00 bits per heavy atom. The monoisotopic (exact) mass is 336 g/mol. The average Bonchev–Trinajstić information content (AvgIpc) is 2.45. The first-order chi connectivity index (χ1) is 9.70. The lowest BCUT2D eigenvalue weighted by Crippen LogP contribution is -2.09. The number of nitrogens with zero attached hydrogens (tertiary/aromatic N) is 3. The molecule has 0 atom stereocenters. The molecule has 0 aliphatic heterocycles. The van der Waals surface area contributed by atoms with Crippen molar-refractivity contribution in [2.45, 2.75) is 19.8 Å². The van der Waals surface area contributed by atoms with E-state index in [9.17, 15) is 0 Å². The summed E-state index contributed by atoms with van der Waals surface area (Å²) < 4.78 is 0.917. The van der Waals surface area contributed by atoms with Gasteiger partial charge >= 0.3 is 0 Å². The van der Waals surface area contributed by atoms with Crippen LogP contribution in [0, 0.1) is 0 Å². The lowest BCUT2D eigenvalue weighted by Gasteiger charge is -2.11. The molecule has 0 spiro atoms. The Labute approximate surface area is 126 Å². The number of nitrogens with two attached hydrogens (primary N) is 1. The van der Waals surface area contributed by atoms with E-state index in [0.29, 0.717) is 23.1 Å². The van der Waals surface area contributed by atoms with Crippen LogP contribution >= 0.6 is 15.9 Å². The Morgan fingerprint density at radius 1 is 1.20 bits per heavy atom. The van der Waals surface area contributed by atoms with Crippen LogP contribution in [0.15, 0.2) is 29.1 Å². The molecule has 0 aliphatic carbocycles. The van der Waals surface area contributed by atoms with Crippen molar-refractivity contribution in [3.05, 3.63) is 29.1 Å². The second kappa shape index (κ2) is 7.04. The first kappa shape index (κ1) is 14.5. The summed E-state index contributed by atoms with van der Waals surface area (Å²) >= 11 is 3.34. The first-order valence-corrected chi connectivity index (χ1v) is 7.23. The molecule has 0 unspecified atom stereocenters. The van der Waals surface area contributed by atoms with Crippen molar-refractivity contribution in [2.24, 2.45) is 0 Å². The zero-order chi connectivity index (χ0) is 14.4. The summed E-state index contributed by atoms with van der Waals surface area (Å²) in [7, 11) is 0. The number of rotatable bonds is 6. The Bertz CT molecular complexity index is 557. The molecular formula is C13H17BrN6. The molecule has 2 heterocycles. The fraction of sp³-hybridized carbons (Fsp3) is 0.308. The predicted molar refractivity (Wildman–Crippen MR) is 85.1 cm³/mol. The molecule has 20 heavy (non-hydrogen) atoms. The van der Waals surface area contributed by atoms with Gasteiger partial charge < -0.3 is 16.4 Å². The third kappa shape index (κ3) is 3.80. The molecule has 0 aromatic carbocycles. The van der Waals surface area contributed by atoms with Crippen molar-refractivity contribution in [1.29, 1.82) is 0 Å². The molecular weight excluding hydrogens is 320 g/mol. The van der Waals surface area contributed by atoms with Crippen LogP contribution < -0.4 is 16.4 Å². The second-order valence-corrected chi connectivity index (χ2v) is 5.17. The van der Waals surface area contributed by atoms with Crippen molar-refractivity contribution >= 4 is 39.1 Å². The summed E-state index contributed by atoms with van der Waals surface area (Å²) in [5.74, 6) is 1.87. The number of nitrogen functional groups attached to an aromatic ring is 1. The minimum atomic E-state index is 0.494. The second-order valence-electron chi connectivity index (χ2n) is 4.25. The van der Waals surface area contributed by atoms with Gasteiger partial charge in [-0.15, -0.1) is 0 Å². The van der Waals surface area contributed by atoms with Crippen molar-refractivity contribution in [2.75, 3.05) is 22.9 Å². The number of nitrogens with one attached hydrogen (secondary N) is 2. The molecule has 0 radical (unpaired) electrons. The van der Waals surface area contributed by atoms with E-state index in [0.717, 1.165) is 23.9 Å². The molecule has 0 bridgehead atoms. The lowest BCUT2D eigenvalue weighted by molar-refractivity contribution is 0.831. The largest absolute Gasteiger partial charge is 0.393 e. The topological polar surface area (TPSA) is 88.8 Å². The Morgan fingerprint density at radius 3 is 2.70 bits per heavy atom. The van der Waals surface area contributed by atoms with Crippen LogP contribution in [0.3, 0.4) is 0 Å². The van der Waals surface area contributed by atoms with Gasteiger partial charge in [-0.1, -0.05) is 13.3 Å². The summed E-state index contributed by atoms with van der Waals surface area (Å²) in [6.45, 7) is 2.98. The Hall–Kier alpha value is -1.89. The smallest absolute Gasteiger partial charge is 0.160 e. The highest BCUT2D eigenvalue weighted by Crippen LogP contribution is 2.25. The van der Waals surface area contributed by atoms with Gasteiger partial charge in [-0.3, -0.25) is 0 Å². The van der Waals surface area contributed by atoms with Crippen LogP contribution in [-0.2, 0) is 0 Å². The molecule has 7 heteroatoms. The van der Waals surface area contributed by atoms with Gasteiger partial charge in [0, 0.05) is 17.2 Å². The molecule has 0 saturated heterocycles. The van der Waals surface area contributed by atoms with E-state index in [1.807, 2.05) is 12.1 Å². The SMILES string of the molecule is CCCCNc1ncnc(Nc2ccc(Br)cn2)c1N. The van der Waals surface area contributed by atoms with Gasteiger partial charge in [0.15, 0.2) is 11.6 Å². The Balaban J connectivity index is 2.11. The highest BCUT2D eigenvalue weighted by molar-refractivity contribution is 9.10. The normalized spacial score (nSPS) is 10.3.